The van der Waals surface area contributed by atoms with Crippen molar-refractivity contribution in [1.82, 2.24) is 13.7 Å². The summed E-state index contributed by atoms with van der Waals surface area (Å²) < 4.78 is 78.2. The first-order valence-electron chi connectivity index (χ1n) is 23.8. The van der Waals surface area contributed by atoms with Crippen LogP contribution in [0.2, 0.25) is 0 Å². The van der Waals surface area contributed by atoms with Gasteiger partial charge in [0, 0.05) is 49.1 Å². The number of hydrogen-bond donors (Lipinski definition) is 0. The maximum absolute atomic E-state index is 9.40. The zero-order chi connectivity index (χ0) is 42.5. The molecule has 4 heterocycles. The Labute approximate surface area is 330 Å². The normalized spacial score (nSPS) is 25.7. The molecule has 0 unspecified atom stereocenters. The Morgan fingerprint density at radius 1 is 0.436 bits per heavy atom. The average Bonchev–Trinajstić information content (AvgIpc) is 3.95. The molecule has 3 nitrogen and oxygen atoms in total. The van der Waals surface area contributed by atoms with Crippen LogP contribution in [0, 0.1) is 23.7 Å². The van der Waals surface area contributed by atoms with Gasteiger partial charge in [-0.15, -0.1) is 0 Å². The molecule has 15 rings (SSSR count). The van der Waals surface area contributed by atoms with Crippen molar-refractivity contribution in [2.24, 2.45) is 23.7 Å². The van der Waals surface area contributed by atoms with Crippen LogP contribution in [-0.4, -0.2) is 13.7 Å². The van der Waals surface area contributed by atoms with Crippen LogP contribution in [0.4, 0.5) is 0 Å². The predicted octanol–water partition coefficient (Wildman–Crippen LogP) is 13.0. The van der Waals surface area contributed by atoms with E-state index in [0.29, 0.717) is 33.6 Å². The van der Waals surface area contributed by atoms with E-state index >= 15 is 0 Å². The number of rotatable bonds is 2. The van der Waals surface area contributed by atoms with Crippen LogP contribution >= 0.6 is 0 Å². The monoisotopic (exact) mass is 713 g/mol. The van der Waals surface area contributed by atoms with Crippen molar-refractivity contribution in [3.05, 3.63) is 163 Å². The second-order valence-corrected chi connectivity index (χ2v) is 16.8. The maximum Gasteiger partial charge on any atom is 0.0645 e. The molecule has 0 N–H and O–H groups in total. The fourth-order valence-electron chi connectivity index (χ4n) is 12.8. The molecule has 3 aromatic heterocycles. The van der Waals surface area contributed by atoms with Gasteiger partial charge in [0.2, 0.25) is 0 Å². The molecule has 1 spiro atoms. The summed E-state index contributed by atoms with van der Waals surface area (Å²) in [6.07, 6.45) is 6.10. The van der Waals surface area contributed by atoms with Crippen molar-refractivity contribution < 1.29 is 11.0 Å². The largest absolute Gasteiger partial charge is 0.309 e. The molecule has 0 atom stereocenters. The molecule has 262 valence electrons. The molecule has 4 bridgehead atoms. The Bertz CT molecular complexity index is 3730. The zero-order valence-electron chi connectivity index (χ0n) is 38.0. The van der Waals surface area contributed by atoms with E-state index in [2.05, 4.69) is 63.7 Å². The summed E-state index contributed by atoms with van der Waals surface area (Å²) in [6, 6.07) is 34.5. The SMILES string of the molecule is [2H]c1c([2H])c([2H])c2c(c1[2H])c1ccccc1n2-c1ccc2c(c1)c1cc(-n3c4ccccc4c4c([2H])c([2H])c([2H])c([2H])c43)cc3c1n2-c1ccccc1C31C2CC3CC(C2)CC1C3. The Balaban J connectivity index is 1.17. The molecule has 4 saturated carbocycles. The number of nitrogens with zero attached hydrogens (tertiary/aromatic N) is 3. The second kappa shape index (κ2) is 10.2. The highest BCUT2D eigenvalue weighted by Crippen LogP contribution is 2.68. The predicted molar refractivity (Wildman–Crippen MR) is 227 cm³/mol. The first kappa shape index (κ1) is 23.0. The summed E-state index contributed by atoms with van der Waals surface area (Å²) in [5.74, 6) is 2.39. The van der Waals surface area contributed by atoms with Gasteiger partial charge >= 0.3 is 0 Å². The van der Waals surface area contributed by atoms with Gasteiger partial charge in [-0.1, -0.05) is 90.9 Å². The van der Waals surface area contributed by atoms with Crippen LogP contribution in [0.1, 0.15) is 54.2 Å². The first-order chi connectivity index (χ1) is 30.6. The molecule has 55 heavy (non-hydrogen) atoms. The molecule has 0 radical (unpaired) electrons. The van der Waals surface area contributed by atoms with Gasteiger partial charge in [0.05, 0.1) is 49.8 Å². The van der Waals surface area contributed by atoms with E-state index in [-0.39, 0.29) is 53.8 Å². The van der Waals surface area contributed by atoms with Crippen molar-refractivity contribution >= 4 is 65.4 Å². The standard InChI is InChI=1S/C52H39N3/c1-6-16-45-37(11-1)38-12-2-7-17-46(38)53(45)35-21-22-49-41(28-35)42-29-36(54-47-18-8-3-13-39(47)40-14-4-9-19-48(40)54)30-44-51(42)55(49)50-20-10-5-15-43(50)52(44)33-24-31-23-32(26-33)27-34(52)25-31/h1-22,28-34H,23-27H2/i1D,3D,6D,8D,11D,13D,16D,18D. The number of fused-ring (bicyclic) bond motifs is 11. The molecule has 4 fully saturated rings. The van der Waals surface area contributed by atoms with Gasteiger partial charge < -0.3 is 13.7 Å². The third kappa shape index (κ3) is 3.50. The Kier molecular flexibility index (Phi) is 4.25. The molecular weight excluding hydrogens is 667 g/mol. The minimum atomic E-state index is -0.267. The Morgan fingerprint density at radius 3 is 1.69 bits per heavy atom. The third-order valence-corrected chi connectivity index (χ3v) is 14.4. The second-order valence-electron chi connectivity index (χ2n) is 16.8. The molecule has 1 aliphatic heterocycles. The zero-order valence-corrected chi connectivity index (χ0v) is 30.0. The summed E-state index contributed by atoms with van der Waals surface area (Å²) in [5.41, 5.74) is 9.98. The van der Waals surface area contributed by atoms with Crippen LogP contribution in [0.5, 0.6) is 0 Å². The maximum atomic E-state index is 9.40. The number of para-hydroxylation sites is 5. The molecule has 10 aromatic rings. The lowest BCUT2D eigenvalue weighted by atomic mass is 9.41. The molecule has 5 aliphatic rings. The topological polar surface area (TPSA) is 14.8 Å². The highest BCUT2D eigenvalue weighted by Gasteiger charge is 2.61. The summed E-state index contributed by atoms with van der Waals surface area (Å²) in [4.78, 5) is 0. The van der Waals surface area contributed by atoms with E-state index in [1.165, 1.54) is 54.4 Å². The number of hydrogen-bond acceptors (Lipinski definition) is 0. The summed E-state index contributed by atoms with van der Waals surface area (Å²) in [7, 11) is 0. The molecule has 0 saturated heterocycles. The van der Waals surface area contributed by atoms with E-state index in [1.807, 2.05) is 53.1 Å². The Morgan fingerprint density at radius 2 is 1.00 bits per heavy atom. The van der Waals surface area contributed by atoms with Gasteiger partial charge in [-0.2, -0.15) is 0 Å². The van der Waals surface area contributed by atoms with E-state index < -0.39 is 0 Å². The summed E-state index contributed by atoms with van der Waals surface area (Å²) in [6.45, 7) is 0. The van der Waals surface area contributed by atoms with Crippen molar-refractivity contribution in [2.45, 2.75) is 37.5 Å². The van der Waals surface area contributed by atoms with E-state index in [4.69, 9.17) is 8.22 Å². The minimum Gasteiger partial charge on any atom is -0.309 e. The van der Waals surface area contributed by atoms with Gasteiger partial charge in [-0.3, -0.25) is 0 Å². The third-order valence-electron chi connectivity index (χ3n) is 14.4. The quantitative estimate of drug-likeness (QED) is 0.169. The van der Waals surface area contributed by atoms with Crippen LogP contribution in [0.25, 0.3) is 82.5 Å². The van der Waals surface area contributed by atoms with Crippen LogP contribution < -0.4 is 0 Å². The summed E-state index contributed by atoms with van der Waals surface area (Å²) in [5, 5.41) is 4.59. The van der Waals surface area contributed by atoms with Crippen molar-refractivity contribution in [3.63, 3.8) is 0 Å². The summed E-state index contributed by atoms with van der Waals surface area (Å²) >= 11 is 0. The number of benzene rings is 7. The smallest absolute Gasteiger partial charge is 0.0645 e. The molecule has 4 aliphatic carbocycles. The van der Waals surface area contributed by atoms with Crippen molar-refractivity contribution in [1.29, 1.82) is 0 Å². The molecule has 7 aromatic carbocycles. The average molecular weight is 714 g/mol. The van der Waals surface area contributed by atoms with Gasteiger partial charge in [-0.05, 0) is 128 Å². The van der Waals surface area contributed by atoms with E-state index in [0.717, 1.165) is 61.3 Å². The lowest BCUT2D eigenvalue weighted by molar-refractivity contribution is -0.0418. The van der Waals surface area contributed by atoms with Crippen LogP contribution in [0.15, 0.2) is 151 Å². The highest BCUT2D eigenvalue weighted by molar-refractivity contribution is 6.15. The van der Waals surface area contributed by atoms with Gasteiger partial charge in [0.1, 0.15) is 0 Å². The van der Waals surface area contributed by atoms with Crippen LogP contribution in [-0.2, 0) is 5.41 Å². The van der Waals surface area contributed by atoms with Crippen molar-refractivity contribution in [3.8, 4) is 17.1 Å². The fraction of sp³-hybridized carbons (Fsp3) is 0.192. The Hall–Kier alpha value is -6.06. The molecular formula is C52H39N3. The van der Waals surface area contributed by atoms with Gasteiger partial charge in [0.15, 0.2) is 0 Å². The molecule has 3 heteroatoms. The van der Waals surface area contributed by atoms with Crippen molar-refractivity contribution in [2.75, 3.05) is 0 Å². The lowest BCUT2D eigenvalue weighted by Crippen LogP contribution is -2.57. The fourth-order valence-corrected chi connectivity index (χ4v) is 12.8. The lowest BCUT2D eigenvalue weighted by Gasteiger charge is -2.63. The van der Waals surface area contributed by atoms with E-state index in [9.17, 15) is 2.74 Å². The first-order valence-corrected chi connectivity index (χ1v) is 19.8. The van der Waals surface area contributed by atoms with Gasteiger partial charge in [-0.25, -0.2) is 0 Å². The van der Waals surface area contributed by atoms with E-state index in [1.54, 1.807) is 0 Å². The van der Waals surface area contributed by atoms with Gasteiger partial charge in [0.25, 0.3) is 0 Å². The van der Waals surface area contributed by atoms with Crippen LogP contribution in [0.3, 0.4) is 0 Å². The highest BCUT2D eigenvalue weighted by atomic mass is 15.0. The minimum absolute atomic E-state index is 0.0415. The number of aromatic nitrogens is 3. The molecule has 0 amide bonds.